The van der Waals surface area contributed by atoms with Crippen molar-refractivity contribution >= 4 is 45.3 Å². The lowest BCUT2D eigenvalue weighted by atomic mass is 10.00. The average Bonchev–Trinajstić information content (AvgIpc) is 2.67. The molecule has 1 atom stereocenters. The molecular weight excluding hydrogens is 414 g/mol. The zero-order valence-electron chi connectivity index (χ0n) is 14.7. The number of hydrogen-bond acceptors (Lipinski definition) is 6. The maximum Gasteiger partial charge on any atom is 0.356 e. The number of nitrogens with zero attached hydrogens (tertiary/aromatic N) is 4. The minimum atomic E-state index is -0.530. The third kappa shape index (κ3) is 3.34. The summed E-state index contributed by atoms with van der Waals surface area (Å²) in [6.07, 6.45) is 3.47. The average molecular weight is 432 g/mol. The van der Waals surface area contributed by atoms with Crippen LogP contribution < -0.4 is 15.1 Å². The minimum absolute atomic E-state index is 0.0150. The van der Waals surface area contributed by atoms with E-state index >= 15 is 0 Å². The van der Waals surface area contributed by atoms with Gasteiger partial charge in [0.05, 0.1) is 18.8 Å². The van der Waals surface area contributed by atoms with Gasteiger partial charge in [0.15, 0.2) is 11.5 Å². The van der Waals surface area contributed by atoms with Crippen LogP contribution in [0.4, 0.5) is 22.1 Å². The summed E-state index contributed by atoms with van der Waals surface area (Å²) in [6, 6.07) is 6.64. The summed E-state index contributed by atoms with van der Waals surface area (Å²) in [4.78, 5) is 37.5. The summed E-state index contributed by atoms with van der Waals surface area (Å²) in [5.74, 6) is 0.386. The van der Waals surface area contributed by atoms with Gasteiger partial charge in [-0.15, -0.1) is 0 Å². The number of piperidine rings is 1. The quantitative estimate of drug-likeness (QED) is 0.735. The van der Waals surface area contributed by atoms with Crippen LogP contribution in [0, 0.1) is 0 Å². The van der Waals surface area contributed by atoms with Gasteiger partial charge in [0.2, 0.25) is 0 Å². The maximum absolute atomic E-state index is 13.1. The topological polar surface area (TPSA) is 87.7 Å². The number of esters is 1. The third-order valence-corrected chi connectivity index (χ3v) is 5.25. The van der Waals surface area contributed by atoms with Crippen molar-refractivity contribution in [3.05, 3.63) is 40.6 Å². The van der Waals surface area contributed by atoms with Crippen LogP contribution in [-0.2, 0) is 4.74 Å². The number of nitrogens with one attached hydrogen (secondary N) is 1. The molecule has 2 aliphatic rings. The van der Waals surface area contributed by atoms with E-state index in [-0.39, 0.29) is 17.8 Å². The number of amides is 2. The van der Waals surface area contributed by atoms with Crippen molar-refractivity contribution in [3.63, 3.8) is 0 Å². The largest absolute Gasteiger partial charge is 0.464 e. The predicted octanol–water partition coefficient (Wildman–Crippen LogP) is 3.05. The lowest BCUT2D eigenvalue weighted by Gasteiger charge is -2.45. The van der Waals surface area contributed by atoms with Crippen molar-refractivity contribution in [2.75, 3.05) is 35.3 Å². The van der Waals surface area contributed by atoms with E-state index in [9.17, 15) is 9.59 Å². The highest BCUT2D eigenvalue weighted by Gasteiger charge is 2.38. The van der Waals surface area contributed by atoms with Crippen LogP contribution in [0.2, 0.25) is 0 Å². The van der Waals surface area contributed by atoms with Crippen molar-refractivity contribution in [2.24, 2.45) is 0 Å². The normalized spacial score (nSPS) is 17.9. The van der Waals surface area contributed by atoms with Crippen molar-refractivity contribution in [2.45, 2.75) is 18.9 Å². The number of pyridine rings is 2. The fraction of sp³-hybridized carbons (Fsp3) is 0.333. The highest BCUT2D eigenvalue weighted by Crippen LogP contribution is 2.38. The van der Waals surface area contributed by atoms with E-state index in [1.54, 1.807) is 29.3 Å². The number of carbonyl (C=O) groups excluding carboxylic acids is 2. The zero-order valence-corrected chi connectivity index (χ0v) is 16.3. The van der Waals surface area contributed by atoms with Gasteiger partial charge in [0.25, 0.3) is 0 Å². The monoisotopic (exact) mass is 431 g/mol. The van der Waals surface area contributed by atoms with Gasteiger partial charge >= 0.3 is 12.0 Å². The molecule has 9 heteroatoms. The molecule has 2 aromatic heterocycles. The van der Waals surface area contributed by atoms with Crippen LogP contribution in [0.3, 0.4) is 0 Å². The number of aromatic nitrogens is 2. The van der Waals surface area contributed by atoms with Gasteiger partial charge in [0, 0.05) is 23.8 Å². The van der Waals surface area contributed by atoms with Crippen LogP contribution in [0.1, 0.15) is 23.3 Å². The Morgan fingerprint density at radius 1 is 1.33 bits per heavy atom. The van der Waals surface area contributed by atoms with E-state index in [1.807, 2.05) is 6.07 Å². The fourth-order valence-corrected chi connectivity index (χ4v) is 3.88. The second kappa shape index (κ2) is 7.15. The molecule has 2 amide bonds. The summed E-state index contributed by atoms with van der Waals surface area (Å²) < 4.78 is 5.60. The molecule has 0 aliphatic carbocycles. The van der Waals surface area contributed by atoms with Crippen molar-refractivity contribution < 1.29 is 14.3 Å². The zero-order chi connectivity index (χ0) is 19.0. The van der Waals surface area contributed by atoms with Crippen LogP contribution in [0.15, 0.2) is 34.9 Å². The van der Waals surface area contributed by atoms with Crippen LogP contribution in [-0.4, -0.2) is 48.2 Å². The molecule has 0 aromatic carbocycles. The third-order valence-electron chi connectivity index (χ3n) is 4.76. The first-order chi connectivity index (χ1) is 13.1. The number of halogens is 1. The Hall–Kier alpha value is -2.68. The predicted molar refractivity (Wildman–Crippen MR) is 104 cm³/mol. The lowest BCUT2D eigenvalue weighted by Crippen LogP contribution is -2.56. The summed E-state index contributed by atoms with van der Waals surface area (Å²) in [6.45, 7) is 1.65. The number of urea groups is 1. The lowest BCUT2D eigenvalue weighted by molar-refractivity contribution is 0.0594. The second-order valence-corrected chi connectivity index (χ2v) is 7.35. The Morgan fingerprint density at radius 3 is 2.96 bits per heavy atom. The molecule has 4 rings (SSSR count). The molecule has 2 bridgehead atoms. The molecule has 1 unspecified atom stereocenters. The summed E-state index contributed by atoms with van der Waals surface area (Å²) in [5, 5.41) is 2.83. The number of hydrogen-bond donors (Lipinski definition) is 1. The Balaban J connectivity index is 1.72. The maximum atomic E-state index is 13.1. The van der Waals surface area contributed by atoms with Crippen molar-refractivity contribution in [1.29, 1.82) is 0 Å². The summed E-state index contributed by atoms with van der Waals surface area (Å²) in [5.41, 5.74) is 1.02. The highest BCUT2D eigenvalue weighted by molar-refractivity contribution is 9.10. The van der Waals surface area contributed by atoms with Crippen molar-refractivity contribution in [1.82, 2.24) is 9.97 Å². The molecule has 1 fully saturated rings. The number of anilines is 3. The van der Waals surface area contributed by atoms with Gasteiger partial charge in [-0.3, -0.25) is 10.2 Å². The van der Waals surface area contributed by atoms with E-state index in [4.69, 9.17) is 4.74 Å². The number of ether oxygens (including phenoxy) is 1. The Morgan fingerprint density at radius 2 is 2.19 bits per heavy atom. The molecule has 1 saturated heterocycles. The van der Waals surface area contributed by atoms with Gasteiger partial charge in [-0.2, -0.15) is 0 Å². The van der Waals surface area contributed by atoms with Crippen molar-refractivity contribution in [3.8, 4) is 0 Å². The number of methoxy groups -OCH3 is 1. The number of carbonyl (C=O) groups is 2. The van der Waals surface area contributed by atoms with Gasteiger partial charge in [-0.1, -0.05) is 15.9 Å². The highest BCUT2D eigenvalue weighted by atomic mass is 79.9. The molecule has 1 N–H and O–H groups in total. The minimum Gasteiger partial charge on any atom is -0.464 e. The van der Waals surface area contributed by atoms with E-state index in [0.29, 0.717) is 11.6 Å². The summed E-state index contributed by atoms with van der Waals surface area (Å²) in [7, 11) is 1.31. The summed E-state index contributed by atoms with van der Waals surface area (Å²) >= 11 is 3.37. The van der Waals surface area contributed by atoms with Crippen LogP contribution >= 0.6 is 15.9 Å². The first-order valence-corrected chi connectivity index (χ1v) is 9.42. The van der Waals surface area contributed by atoms with E-state index in [1.165, 1.54) is 7.11 Å². The van der Waals surface area contributed by atoms with E-state index in [2.05, 4.69) is 36.1 Å². The molecule has 0 spiro atoms. The van der Waals surface area contributed by atoms with E-state index < -0.39 is 5.97 Å². The Labute approximate surface area is 164 Å². The molecule has 140 valence electrons. The first kappa shape index (κ1) is 17.7. The number of fused-ring (bicyclic) bond motifs is 4. The Kier molecular flexibility index (Phi) is 4.69. The van der Waals surface area contributed by atoms with E-state index in [0.717, 1.165) is 36.1 Å². The molecule has 0 saturated carbocycles. The van der Waals surface area contributed by atoms with Crippen LogP contribution in [0.5, 0.6) is 0 Å². The molecule has 4 heterocycles. The van der Waals surface area contributed by atoms with Gasteiger partial charge in [-0.25, -0.2) is 19.6 Å². The molecule has 2 aromatic rings. The molecule has 0 radical (unpaired) electrons. The molecule has 2 aliphatic heterocycles. The van der Waals surface area contributed by atoms with Crippen LogP contribution in [0.25, 0.3) is 0 Å². The molecule has 8 nitrogen and oxygen atoms in total. The molecule has 27 heavy (non-hydrogen) atoms. The Bertz CT molecular complexity index is 906. The second-order valence-electron chi connectivity index (χ2n) is 6.43. The molecular formula is C18H18BrN5O3. The first-order valence-electron chi connectivity index (χ1n) is 8.63. The van der Waals surface area contributed by atoms with Gasteiger partial charge in [-0.05, 0) is 37.1 Å². The fourth-order valence-electron chi connectivity index (χ4n) is 3.55. The smallest absolute Gasteiger partial charge is 0.356 e. The standard InChI is InChI=1S/C18H18BrN5O3/c1-27-17(25)13-4-5-14-16(21-13)24(12-3-2-8-23(14)10-12)18(26)22-15-9-11(19)6-7-20-15/h4-7,9,12H,2-3,8,10H2,1H3,(H,20,22,26). The SMILES string of the molecule is COC(=O)c1ccc2c(n1)N(C(=O)Nc1cc(Br)ccn1)C1CCCN2C1. The van der Waals surface area contributed by atoms with Gasteiger partial charge < -0.3 is 9.64 Å². The van der Waals surface area contributed by atoms with Gasteiger partial charge in [0.1, 0.15) is 5.82 Å². The number of rotatable bonds is 2.